The molecule has 4 N–H and O–H groups in total. The van der Waals surface area contributed by atoms with Crippen molar-refractivity contribution in [2.24, 2.45) is 5.73 Å². The molecule has 170 valence electrons. The summed E-state index contributed by atoms with van der Waals surface area (Å²) in [5.41, 5.74) is 8.30. The molecule has 0 saturated heterocycles. The maximum absolute atomic E-state index is 12.8. The number of rotatable bonds is 5. The molecule has 1 aromatic heterocycles. The lowest BCUT2D eigenvalue weighted by Gasteiger charge is -2.30. The summed E-state index contributed by atoms with van der Waals surface area (Å²) in [4.78, 5) is 28.1. The van der Waals surface area contributed by atoms with Crippen LogP contribution in [-0.4, -0.2) is 35.5 Å². The highest BCUT2D eigenvalue weighted by Gasteiger charge is 2.29. The molecule has 0 spiro atoms. The largest absolute Gasteiger partial charge is 0.495 e. The Morgan fingerprint density at radius 3 is 2.61 bits per heavy atom. The minimum atomic E-state index is -0.547. The predicted molar refractivity (Wildman–Crippen MR) is 143 cm³/mol. The van der Waals surface area contributed by atoms with Crippen molar-refractivity contribution in [2.45, 2.75) is 13.0 Å². The SMILES string of the molecule is COc1ccccc1NC(=S)N1CCc2c(sc(NC(=O)c3ccccc3I)c2C(N)=O)C1. The Balaban J connectivity index is 1.55. The van der Waals surface area contributed by atoms with E-state index in [9.17, 15) is 9.59 Å². The molecule has 1 aliphatic heterocycles. The molecule has 0 aliphatic carbocycles. The van der Waals surface area contributed by atoms with E-state index in [-0.39, 0.29) is 5.91 Å². The molecule has 0 unspecified atom stereocenters. The maximum Gasteiger partial charge on any atom is 0.257 e. The van der Waals surface area contributed by atoms with Crippen molar-refractivity contribution in [3.05, 3.63) is 73.7 Å². The van der Waals surface area contributed by atoms with E-state index in [0.717, 1.165) is 19.7 Å². The molecule has 33 heavy (non-hydrogen) atoms. The van der Waals surface area contributed by atoms with Crippen LogP contribution in [0.25, 0.3) is 0 Å². The van der Waals surface area contributed by atoms with Crippen LogP contribution in [0.1, 0.15) is 31.2 Å². The number of thiocarbonyl (C=S) groups is 1. The van der Waals surface area contributed by atoms with Crippen LogP contribution < -0.4 is 21.1 Å². The van der Waals surface area contributed by atoms with E-state index >= 15 is 0 Å². The number of fused-ring (bicyclic) bond motifs is 1. The number of nitrogens with one attached hydrogen (secondary N) is 2. The van der Waals surface area contributed by atoms with Crippen LogP contribution in [0, 0.1) is 3.57 Å². The number of thiophene rings is 1. The van der Waals surface area contributed by atoms with E-state index in [4.69, 9.17) is 22.7 Å². The van der Waals surface area contributed by atoms with E-state index in [2.05, 4.69) is 33.2 Å². The van der Waals surface area contributed by atoms with Crippen LogP contribution in [0.4, 0.5) is 10.7 Å². The first-order valence-corrected chi connectivity index (χ1v) is 12.4. The lowest BCUT2D eigenvalue weighted by Crippen LogP contribution is -2.38. The number of primary amides is 1. The number of amides is 2. The van der Waals surface area contributed by atoms with E-state index in [1.54, 1.807) is 19.2 Å². The Bertz CT molecular complexity index is 1240. The highest BCUT2D eigenvalue weighted by atomic mass is 127. The Morgan fingerprint density at radius 1 is 1.15 bits per heavy atom. The summed E-state index contributed by atoms with van der Waals surface area (Å²) in [6.45, 7) is 1.13. The number of hydrogen-bond acceptors (Lipinski definition) is 5. The third-order valence-electron chi connectivity index (χ3n) is 5.28. The van der Waals surface area contributed by atoms with Gasteiger partial charge in [0.1, 0.15) is 10.8 Å². The maximum atomic E-state index is 12.8. The van der Waals surface area contributed by atoms with Gasteiger partial charge < -0.3 is 26.0 Å². The average molecular weight is 592 g/mol. The Labute approximate surface area is 214 Å². The zero-order valence-corrected chi connectivity index (χ0v) is 21.5. The van der Waals surface area contributed by atoms with Crippen LogP contribution in [-0.2, 0) is 13.0 Å². The molecular formula is C23H21IN4O3S2. The molecule has 7 nitrogen and oxygen atoms in total. The first-order valence-electron chi connectivity index (χ1n) is 10.1. The monoisotopic (exact) mass is 592 g/mol. The number of carbonyl (C=O) groups is 2. The van der Waals surface area contributed by atoms with Crippen molar-refractivity contribution in [2.75, 3.05) is 24.3 Å². The third-order valence-corrected chi connectivity index (χ3v) is 7.72. The zero-order valence-electron chi connectivity index (χ0n) is 17.7. The molecule has 0 bridgehead atoms. The Kier molecular flexibility index (Phi) is 7.15. The Morgan fingerprint density at radius 2 is 1.88 bits per heavy atom. The summed E-state index contributed by atoms with van der Waals surface area (Å²) in [6, 6.07) is 14.8. The molecular weight excluding hydrogens is 571 g/mol. The summed E-state index contributed by atoms with van der Waals surface area (Å²) in [7, 11) is 1.61. The van der Waals surface area contributed by atoms with Gasteiger partial charge in [-0.05, 0) is 71.1 Å². The molecule has 2 amide bonds. The fraction of sp³-hybridized carbons (Fsp3) is 0.174. The molecule has 3 aromatic rings. The minimum absolute atomic E-state index is 0.272. The van der Waals surface area contributed by atoms with Gasteiger partial charge in [0.25, 0.3) is 11.8 Å². The number of benzene rings is 2. The first-order chi connectivity index (χ1) is 15.9. The number of nitrogens with two attached hydrogens (primary N) is 1. The number of carbonyl (C=O) groups excluding carboxylic acids is 2. The summed E-state index contributed by atoms with van der Waals surface area (Å²) < 4.78 is 6.21. The number of ether oxygens (including phenoxy) is 1. The lowest BCUT2D eigenvalue weighted by atomic mass is 10.0. The molecule has 2 heterocycles. The smallest absolute Gasteiger partial charge is 0.257 e. The fourth-order valence-corrected chi connectivity index (χ4v) is 5.85. The van der Waals surface area contributed by atoms with Gasteiger partial charge in [-0.3, -0.25) is 9.59 Å². The van der Waals surface area contributed by atoms with Crippen molar-refractivity contribution < 1.29 is 14.3 Å². The molecule has 10 heteroatoms. The molecule has 1 aliphatic rings. The third kappa shape index (κ3) is 4.97. The summed E-state index contributed by atoms with van der Waals surface area (Å²) >= 11 is 9.11. The number of nitrogens with zero attached hydrogens (tertiary/aromatic N) is 1. The van der Waals surface area contributed by atoms with Gasteiger partial charge in [0, 0.05) is 15.0 Å². The predicted octanol–water partition coefficient (Wildman–Crippen LogP) is 4.47. The quantitative estimate of drug-likeness (QED) is 0.299. The van der Waals surface area contributed by atoms with Gasteiger partial charge >= 0.3 is 0 Å². The summed E-state index contributed by atoms with van der Waals surface area (Å²) in [6.07, 6.45) is 0.594. The molecule has 0 saturated carbocycles. The van der Waals surface area contributed by atoms with E-state index < -0.39 is 5.91 Å². The fourth-order valence-electron chi connectivity index (χ4n) is 3.68. The highest BCUT2D eigenvalue weighted by molar-refractivity contribution is 14.1. The molecule has 0 atom stereocenters. The van der Waals surface area contributed by atoms with Crippen LogP contribution in [0.3, 0.4) is 0 Å². The zero-order chi connectivity index (χ0) is 23.5. The number of anilines is 2. The van der Waals surface area contributed by atoms with Gasteiger partial charge in [0.15, 0.2) is 5.11 Å². The number of para-hydroxylation sites is 2. The Hall–Kier alpha value is -2.70. The molecule has 0 radical (unpaired) electrons. The van der Waals surface area contributed by atoms with Crippen LogP contribution in [0.15, 0.2) is 48.5 Å². The summed E-state index contributed by atoms with van der Waals surface area (Å²) in [5.74, 6) is -0.120. The van der Waals surface area contributed by atoms with Gasteiger partial charge in [-0.2, -0.15) is 0 Å². The van der Waals surface area contributed by atoms with Crippen molar-refractivity contribution in [3.63, 3.8) is 0 Å². The van der Waals surface area contributed by atoms with Crippen LogP contribution in [0.2, 0.25) is 0 Å². The van der Waals surface area contributed by atoms with E-state index in [1.807, 2.05) is 41.3 Å². The van der Waals surface area contributed by atoms with Crippen molar-refractivity contribution in [3.8, 4) is 5.75 Å². The summed E-state index contributed by atoms with van der Waals surface area (Å²) in [5, 5.41) is 7.17. The van der Waals surface area contributed by atoms with Crippen LogP contribution >= 0.6 is 46.1 Å². The lowest BCUT2D eigenvalue weighted by molar-refractivity contribution is 0.1000. The number of methoxy groups -OCH3 is 1. The topological polar surface area (TPSA) is 96.7 Å². The van der Waals surface area contributed by atoms with Gasteiger partial charge in [-0.15, -0.1) is 11.3 Å². The van der Waals surface area contributed by atoms with Crippen molar-refractivity contribution >= 4 is 73.8 Å². The normalized spacial score (nSPS) is 12.6. The molecule has 4 rings (SSSR count). The van der Waals surface area contributed by atoms with Crippen molar-refractivity contribution in [1.29, 1.82) is 0 Å². The standard InChI is InChI=1S/C23H21IN4O3S2/c1-31-17-9-5-4-8-16(17)26-23(32)28-11-10-14-18(12-28)33-22(19(14)20(25)29)27-21(30)13-6-2-3-7-15(13)24/h2-9H,10-12H2,1H3,(H2,25,29)(H,26,32)(H,27,30). The first kappa shape index (κ1) is 23.5. The van der Waals surface area contributed by atoms with Crippen LogP contribution in [0.5, 0.6) is 5.75 Å². The second kappa shape index (κ2) is 10.1. The minimum Gasteiger partial charge on any atom is -0.495 e. The number of halogens is 1. The molecule has 2 aromatic carbocycles. The van der Waals surface area contributed by atoms with Gasteiger partial charge in [0.05, 0.1) is 30.5 Å². The van der Waals surface area contributed by atoms with Gasteiger partial charge in [0.2, 0.25) is 0 Å². The second-order valence-corrected chi connectivity index (χ2v) is 9.96. The second-order valence-electron chi connectivity index (χ2n) is 7.31. The highest BCUT2D eigenvalue weighted by Crippen LogP contribution is 2.37. The van der Waals surface area contributed by atoms with Crippen molar-refractivity contribution in [1.82, 2.24) is 4.90 Å². The van der Waals surface area contributed by atoms with Gasteiger partial charge in [-0.1, -0.05) is 24.3 Å². The average Bonchev–Trinajstić information content (AvgIpc) is 3.16. The van der Waals surface area contributed by atoms with E-state index in [1.165, 1.54) is 11.3 Å². The molecule has 0 fully saturated rings. The van der Waals surface area contributed by atoms with Gasteiger partial charge in [-0.25, -0.2) is 0 Å². The van der Waals surface area contributed by atoms with E-state index in [0.29, 0.717) is 46.5 Å². The number of hydrogen-bond donors (Lipinski definition) is 3.